The van der Waals surface area contributed by atoms with Crippen molar-refractivity contribution in [3.8, 4) is 0 Å². The van der Waals surface area contributed by atoms with Gasteiger partial charge in [-0.3, -0.25) is 14.4 Å². The minimum Gasteiger partial charge on any atom is -0.548 e. The summed E-state index contributed by atoms with van der Waals surface area (Å²) in [5.74, 6) is -1.83. The van der Waals surface area contributed by atoms with Gasteiger partial charge in [0.25, 0.3) is 0 Å². The molecule has 7 nitrogen and oxygen atoms in total. The van der Waals surface area contributed by atoms with E-state index in [4.69, 9.17) is 0 Å². The number of carbonyl (C=O) groups excluding carboxylic acids is 4. The van der Waals surface area contributed by atoms with Gasteiger partial charge in [0.15, 0.2) is 5.12 Å². The van der Waals surface area contributed by atoms with E-state index in [2.05, 4.69) is 5.32 Å². The Balaban J connectivity index is 0.00000280. The van der Waals surface area contributed by atoms with Crippen LogP contribution in [0.4, 0.5) is 0 Å². The summed E-state index contributed by atoms with van der Waals surface area (Å²) in [4.78, 5) is 49.0. The van der Waals surface area contributed by atoms with Crippen LogP contribution in [0.5, 0.6) is 0 Å². The van der Waals surface area contributed by atoms with Crippen LogP contribution in [0, 0.1) is 0 Å². The second-order valence-corrected chi connectivity index (χ2v) is 9.58. The zero-order chi connectivity index (χ0) is 19.8. The fraction of sp³-hybridized carbons (Fsp3) is 0.444. The Kier molecular flexibility index (Phi) is 7.66. The van der Waals surface area contributed by atoms with Gasteiger partial charge in [-0.25, -0.2) is 0 Å². The van der Waals surface area contributed by atoms with Crippen LogP contribution in [0.25, 0.3) is 0 Å². The summed E-state index contributed by atoms with van der Waals surface area (Å²) in [7, 11) is 0. The molecule has 0 spiro atoms. The van der Waals surface area contributed by atoms with Gasteiger partial charge in [0, 0.05) is 12.7 Å². The zero-order valence-electron chi connectivity index (χ0n) is 15.8. The van der Waals surface area contributed by atoms with E-state index in [-0.39, 0.29) is 52.8 Å². The van der Waals surface area contributed by atoms with E-state index in [0.29, 0.717) is 0 Å². The van der Waals surface area contributed by atoms with Crippen molar-refractivity contribution in [2.45, 2.75) is 42.5 Å². The molecular formula is C18H19N2NaO5S2. The van der Waals surface area contributed by atoms with Gasteiger partial charge in [0.1, 0.15) is 11.4 Å². The SMILES string of the molecule is CC(=O)SC[C@]1(C)S[C@@H]2[C@H](NC(=O)Cc3ccccc3)C(=O)N2[C@H]1C(=O)[O-].[Na+]. The Morgan fingerprint density at radius 1 is 1.29 bits per heavy atom. The number of hydrogen-bond donors (Lipinski definition) is 1. The minimum atomic E-state index is -1.35. The van der Waals surface area contributed by atoms with Gasteiger partial charge in [-0.1, -0.05) is 42.1 Å². The Hall–Kier alpha value is -1.00. The van der Waals surface area contributed by atoms with Gasteiger partial charge < -0.3 is 20.1 Å². The number of carbonyl (C=O) groups is 4. The van der Waals surface area contributed by atoms with Crippen molar-refractivity contribution >= 4 is 46.4 Å². The maximum Gasteiger partial charge on any atom is 1.00 e. The average molecular weight is 430 g/mol. The number of carboxylic acids is 1. The fourth-order valence-electron chi connectivity index (χ4n) is 3.38. The van der Waals surface area contributed by atoms with Gasteiger partial charge in [-0.2, -0.15) is 0 Å². The predicted octanol–water partition coefficient (Wildman–Crippen LogP) is -3.21. The fourth-order valence-corrected chi connectivity index (χ4v) is 6.03. The summed E-state index contributed by atoms with van der Waals surface area (Å²) >= 11 is 2.32. The van der Waals surface area contributed by atoms with Crippen LogP contribution in [0.1, 0.15) is 19.4 Å². The molecule has 1 aromatic rings. The zero-order valence-corrected chi connectivity index (χ0v) is 19.5. The van der Waals surface area contributed by atoms with E-state index in [9.17, 15) is 24.3 Å². The van der Waals surface area contributed by atoms with Crippen molar-refractivity contribution < 1.29 is 53.8 Å². The number of benzene rings is 1. The number of rotatable bonds is 6. The standard InChI is InChI=1S/C18H20N2O5S2.Na/c1-10(21)26-9-18(2)14(17(24)25)20-15(23)13(16(20)27-18)19-12(22)8-11-6-4-3-5-7-11;/h3-7,13-14,16H,8-9H2,1-2H3,(H,19,22)(H,24,25);/q;+1/p-1/t13-,14+,16-,18+;/m1./s1. The van der Waals surface area contributed by atoms with Gasteiger partial charge >= 0.3 is 29.6 Å². The summed E-state index contributed by atoms with van der Waals surface area (Å²) in [6.45, 7) is 3.12. The molecule has 0 radical (unpaired) electrons. The van der Waals surface area contributed by atoms with E-state index in [1.165, 1.54) is 23.6 Å². The van der Waals surface area contributed by atoms with Crippen molar-refractivity contribution in [1.82, 2.24) is 10.2 Å². The average Bonchev–Trinajstić information content (AvgIpc) is 2.89. The summed E-state index contributed by atoms with van der Waals surface area (Å²) < 4.78 is -0.867. The van der Waals surface area contributed by atoms with Crippen LogP contribution in [-0.4, -0.2) is 55.8 Å². The van der Waals surface area contributed by atoms with E-state index < -0.39 is 34.1 Å². The van der Waals surface area contributed by atoms with Crippen molar-refractivity contribution in [1.29, 1.82) is 0 Å². The van der Waals surface area contributed by atoms with E-state index in [0.717, 1.165) is 17.3 Å². The van der Waals surface area contributed by atoms with E-state index >= 15 is 0 Å². The van der Waals surface area contributed by atoms with Crippen molar-refractivity contribution in [2.75, 3.05) is 5.75 Å². The number of amides is 2. The molecule has 2 aliphatic heterocycles. The number of β-lactam (4-membered cyclic amide) rings is 1. The number of thioether (sulfide) groups is 2. The molecule has 0 bridgehead atoms. The summed E-state index contributed by atoms with van der Waals surface area (Å²) in [5.41, 5.74) is 0.827. The van der Waals surface area contributed by atoms with Gasteiger partial charge in [-0.15, -0.1) is 11.8 Å². The Bertz CT molecular complexity index is 793. The first-order valence-electron chi connectivity index (χ1n) is 8.40. The Morgan fingerprint density at radius 2 is 1.93 bits per heavy atom. The number of nitrogens with zero attached hydrogens (tertiary/aromatic N) is 1. The number of carboxylic acid groups (broad SMARTS) is 1. The maximum atomic E-state index is 12.5. The van der Waals surface area contributed by atoms with Gasteiger partial charge in [0.05, 0.1) is 23.2 Å². The smallest absolute Gasteiger partial charge is 0.548 e. The molecule has 0 saturated carbocycles. The largest absolute Gasteiger partial charge is 1.00 e. The van der Waals surface area contributed by atoms with Crippen LogP contribution in [0.3, 0.4) is 0 Å². The molecule has 2 aliphatic rings. The van der Waals surface area contributed by atoms with Crippen LogP contribution in [-0.2, 0) is 25.6 Å². The van der Waals surface area contributed by atoms with Crippen molar-refractivity contribution in [3.63, 3.8) is 0 Å². The quantitative estimate of drug-likeness (QED) is 0.374. The molecular weight excluding hydrogens is 411 g/mol. The molecule has 2 fully saturated rings. The third-order valence-electron chi connectivity index (χ3n) is 4.64. The number of hydrogen-bond acceptors (Lipinski definition) is 7. The monoisotopic (exact) mass is 430 g/mol. The Labute approximate surface area is 193 Å². The summed E-state index contributed by atoms with van der Waals surface area (Å²) in [6, 6.07) is 7.25. The van der Waals surface area contributed by atoms with Crippen LogP contribution < -0.4 is 40.0 Å². The first-order valence-corrected chi connectivity index (χ1v) is 10.3. The third kappa shape index (κ3) is 4.59. The number of fused-ring (bicyclic) bond motifs is 1. The van der Waals surface area contributed by atoms with Crippen LogP contribution in [0.2, 0.25) is 0 Å². The minimum absolute atomic E-state index is 0. The van der Waals surface area contributed by atoms with E-state index in [1.807, 2.05) is 30.3 Å². The summed E-state index contributed by atoms with van der Waals surface area (Å²) in [5, 5.41) is 13.8. The third-order valence-corrected chi connectivity index (χ3v) is 7.62. The molecule has 4 atom stereocenters. The molecule has 2 saturated heterocycles. The predicted molar refractivity (Wildman–Crippen MR) is 101 cm³/mol. The molecule has 28 heavy (non-hydrogen) atoms. The van der Waals surface area contributed by atoms with Crippen LogP contribution >= 0.6 is 23.5 Å². The number of nitrogens with one attached hydrogen (secondary N) is 1. The van der Waals surface area contributed by atoms with E-state index in [1.54, 1.807) is 6.92 Å². The molecule has 144 valence electrons. The van der Waals surface area contributed by atoms with Gasteiger partial charge in [-0.05, 0) is 12.5 Å². The molecule has 0 aliphatic carbocycles. The molecule has 1 N–H and O–H groups in total. The van der Waals surface area contributed by atoms with Crippen molar-refractivity contribution in [2.24, 2.45) is 0 Å². The molecule has 3 rings (SSSR count). The van der Waals surface area contributed by atoms with Crippen LogP contribution in [0.15, 0.2) is 30.3 Å². The molecule has 0 aromatic heterocycles. The second-order valence-electron chi connectivity index (χ2n) is 6.78. The molecule has 2 amide bonds. The molecule has 10 heteroatoms. The van der Waals surface area contributed by atoms with Gasteiger partial charge in [0.2, 0.25) is 11.8 Å². The van der Waals surface area contributed by atoms with Crippen molar-refractivity contribution in [3.05, 3.63) is 35.9 Å². The Morgan fingerprint density at radius 3 is 2.50 bits per heavy atom. The second kappa shape index (κ2) is 9.21. The summed E-state index contributed by atoms with van der Waals surface area (Å²) in [6.07, 6.45) is 0.142. The molecule has 2 heterocycles. The topological polar surface area (TPSA) is 107 Å². The number of aliphatic carboxylic acids is 1. The first kappa shape index (κ1) is 23.3. The molecule has 1 aromatic carbocycles. The first-order chi connectivity index (χ1) is 12.7. The normalized spacial score (nSPS) is 28.0. The maximum absolute atomic E-state index is 12.5. The molecule has 0 unspecified atom stereocenters.